The molecule has 0 aromatic carbocycles. The molecule has 1 amide bonds. The van der Waals surface area contributed by atoms with Gasteiger partial charge in [0.2, 0.25) is 6.08 Å². The largest absolute Gasteiger partial charge is 0.447 e. The Kier molecular flexibility index (Phi) is 3.48. The summed E-state index contributed by atoms with van der Waals surface area (Å²) in [4.78, 5) is 22.7. The molecule has 4 heteroatoms. The van der Waals surface area contributed by atoms with Crippen molar-refractivity contribution in [3.8, 4) is 0 Å². The van der Waals surface area contributed by atoms with Gasteiger partial charge in [-0.15, -0.1) is 0 Å². The van der Waals surface area contributed by atoms with Gasteiger partial charge in [-0.25, -0.2) is 9.59 Å². The maximum absolute atomic E-state index is 10.4. The Morgan fingerprint density at radius 1 is 1.55 bits per heavy atom. The first kappa shape index (κ1) is 9.85. The normalized spacial score (nSPS) is 10.1. The molecule has 0 atom stereocenters. The number of hydrogen-bond acceptors (Lipinski definition) is 3. The third-order valence-electron chi connectivity index (χ3n) is 0.766. The van der Waals surface area contributed by atoms with Crippen LogP contribution in [0.3, 0.4) is 0 Å². The van der Waals surface area contributed by atoms with Crippen LogP contribution in [-0.2, 0) is 9.53 Å². The summed E-state index contributed by atoms with van der Waals surface area (Å²) < 4.78 is 4.58. The van der Waals surface area contributed by atoms with Crippen molar-refractivity contribution in [1.82, 2.24) is 0 Å². The van der Waals surface area contributed by atoms with E-state index in [0.29, 0.717) is 0 Å². The van der Waals surface area contributed by atoms with E-state index in [1.165, 1.54) is 0 Å². The van der Waals surface area contributed by atoms with Gasteiger partial charge in [-0.3, -0.25) is 0 Å². The molecule has 0 radical (unpaired) electrons. The monoisotopic (exact) mass is 157 g/mol. The fourth-order valence-corrected chi connectivity index (χ4v) is 0.348. The highest BCUT2D eigenvalue weighted by atomic mass is 16.5. The van der Waals surface area contributed by atoms with Crippen LogP contribution in [0.15, 0.2) is 4.99 Å². The molecule has 0 aromatic heterocycles. The molecule has 0 aliphatic carbocycles. The van der Waals surface area contributed by atoms with Crippen LogP contribution in [0.5, 0.6) is 0 Å². The van der Waals surface area contributed by atoms with E-state index in [4.69, 9.17) is 0 Å². The average molecular weight is 157 g/mol. The summed E-state index contributed by atoms with van der Waals surface area (Å²) in [7, 11) is 0. The Morgan fingerprint density at radius 3 is 2.45 bits per heavy atom. The van der Waals surface area contributed by atoms with Crippen molar-refractivity contribution in [2.75, 3.05) is 6.61 Å². The zero-order valence-corrected chi connectivity index (χ0v) is 6.88. The van der Waals surface area contributed by atoms with E-state index in [-0.39, 0.29) is 12.0 Å². The van der Waals surface area contributed by atoms with Gasteiger partial charge in [0.05, 0.1) is 6.61 Å². The molecule has 4 nitrogen and oxygen atoms in total. The first-order chi connectivity index (χ1) is 4.95. The molecular weight excluding hydrogens is 146 g/mol. The highest BCUT2D eigenvalue weighted by molar-refractivity contribution is 5.74. The van der Waals surface area contributed by atoms with Crippen LogP contribution in [0.25, 0.3) is 0 Å². The van der Waals surface area contributed by atoms with E-state index >= 15 is 0 Å². The summed E-state index contributed by atoms with van der Waals surface area (Å²) in [5, 5.41) is 0. The van der Waals surface area contributed by atoms with Crippen LogP contribution in [0, 0.1) is 5.41 Å². The summed E-state index contributed by atoms with van der Waals surface area (Å²) in [6, 6.07) is 0. The molecule has 0 aromatic rings. The van der Waals surface area contributed by atoms with Crippen molar-refractivity contribution in [3.63, 3.8) is 0 Å². The molecule has 0 heterocycles. The number of carbonyl (C=O) groups is 1. The number of aliphatic imine (C=N–C) groups is 1. The quantitative estimate of drug-likeness (QED) is 0.428. The van der Waals surface area contributed by atoms with E-state index < -0.39 is 6.09 Å². The Bertz CT molecular complexity index is 186. The molecule has 0 bridgehead atoms. The second-order valence-corrected chi connectivity index (χ2v) is 3.32. The van der Waals surface area contributed by atoms with Crippen LogP contribution in [0.4, 0.5) is 4.79 Å². The van der Waals surface area contributed by atoms with Crippen LogP contribution in [-0.4, -0.2) is 18.8 Å². The van der Waals surface area contributed by atoms with Crippen molar-refractivity contribution >= 4 is 12.2 Å². The standard InChI is InChI=1S/C7H11NO3/c1-7(2,3)4-11-6(10)8-5-9/h4H2,1-3H3. The van der Waals surface area contributed by atoms with Crippen LogP contribution < -0.4 is 0 Å². The SMILES string of the molecule is CC(C)(C)COC(=O)N=C=O. The predicted molar refractivity (Wildman–Crippen MR) is 38.9 cm³/mol. The van der Waals surface area contributed by atoms with Crippen LogP contribution >= 0.6 is 0 Å². The van der Waals surface area contributed by atoms with Gasteiger partial charge in [-0.1, -0.05) is 25.8 Å². The van der Waals surface area contributed by atoms with E-state index in [1.54, 1.807) is 0 Å². The van der Waals surface area contributed by atoms with Gasteiger partial charge in [0.25, 0.3) is 0 Å². The van der Waals surface area contributed by atoms with Gasteiger partial charge in [-0.2, -0.15) is 0 Å². The number of carbonyl (C=O) groups excluding carboxylic acids is 2. The number of nitrogens with zero attached hydrogens (tertiary/aromatic N) is 1. The highest BCUT2D eigenvalue weighted by Gasteiger charge is 2.12. The number of hydrogen-bond donors (Lipinski definition) is 0. The lowest BCUT2D eigenvalue weighted by molar-refractivity contribution is 0.115. The molecular formula is C7H11NO3. The Hall–Kier alpha value is -1.15. The third-order valence-corrected chi connectivity index (χ3v) is 0.766. The molecule has 0 rings (SSSR count). The molecule has 0 N–H and O–H groups in total. The van der Waals surface area contributed by atoms with Crippen LogP contribution in [0.2, 0.25) is 0 Å². The first-order valence-corrected chi connectivity index (χ1v) is 3.20. The second-order valence-electron chi connectivity index (χ2n) is 3.32. The van der Waals surface area contributed by atoms with E-state index in [0.717, 1.165) is 6.08 Å². The van der Waals surface area contributed by atoms with Crippen LogP contribution in [0.1, 0.15) is 20.8 Å². The average Bonchev–Trinajstić information content (AvgIpc) is 1.83. The van der Waals surface area contributed by atoms with E-state index in [2.05, 4.69) is 9.73 Å². The lowest BCUT2D eigenvalue weighted by atomic mass is 9.99. The van der Waals surface area contributed by atoms with Gasteiger partial charge in [-0.05, 0) is 5.41 Å². The van der Waals surface area contributed by atoms with Gasteiger partial charge in [0, 0.05) is 0 Å². The second kappa shape index (κ2) is 3.88. The summed E-state index contributed by atoms with van der Waals surface area (Å²) in [5.41, 5.74) is -0.103. The van der Waals surface area contributed by atoms with Gasteiger partial charge in [0.15, 0.2) is 0 Å². The van der Waals surface area contributed by atoms with E-state index in [9.17, 15) is 9.59 Å². The Labute approximate surface area is 65.3 Å². The molecule has 0 saturated heterocycles. The summed E-state index contributed by atoms with van der Waals surface area (Å²) in [6.45, 7) is 5.97. The summed E-state index contributed by atoms with van der Waals surface area (Å²) >= 11 is 0. The minimum absolute atomic E-state index is 0.103. The molecule has 0 unspecified atom stereocenters. The van der Waals surface area contributed by atoms with Crippen molar-refractivity contribution in [1.29, 1.82) is 0 Å². The van der Waals surface area contributed by atoms with E-state index in [1.807, 2.05) is 20.8 Å². The Balaban J connectivity index is 3.72. The lowest BCUT2D eigenvalue weighted by Gasteiger charge is -2.15. The molecule has 0 aliphatic rings. The zero-order valence-electron chi connectivity index (χ0n) is 6.88. The third kappa shape index (κ3) is 6.74. The smallest absolute Gasteiger partial charge is 0.444 e. The van der Waals surface area contributed by atoms with Gasteiger partial charge >= 0.3 is 6.09 Å². The van der Waals surface area contributed by atoms with Crippen molar-refractivity contribution in [2.24, 2.45) is 10.4 Å². The molecule has 62 valence electrons. The maximum Gasteiger partial charge on any atom is 0.444 e. The molecule has 0 fully saturated rings. The maximum atomic E-state index is 10.4. The number of ether oxygens (including phenoxy) is 1. The van der Waals surface area contributed by atoms with Gasteiger partial charge in [0.1, 0.15) is 0 Å². The molecule has 0 saturated carbocycles. The highest BCUT2D eigenvalue weighted by Crippen LogP contribution is 2.12. The summed E-state index contributed by atoms with van der Waals surface area (Å²) in [6.07, 6.45) is 0.224. The molecule has 0 aliphatic heterocycles. The predicted octanol–water partition coefficient (Wildman–Crippen LogP) is 1.50. The molecule has 0 spiro atoms. The molecule has 11 heavy (non-hydrogen) atoms. The van der Waals surface area contributed by atoms with Crippen molar-refractivity contribution < 1.29 is 14.3 Å². The summed E-state index contributed by atoms with van der Waals surface area (Å²) in [5.74, 6) is 0. The minimum atomic E-state index is -0.880. The van der Waals surface area contributed by atoms with Crippen molar-refractivity contribution in [2.45, 2.75) is 20.8 Å². The minimum Gasteiger partial charge on any atom is -0.447 e. The fourth-order valence-electron chi connectivity index (χ4n) is 0.348. The number of rotatable bonds is 1. The first-order valence-electron chi connectivity index (χ1n) is 3.20. The number of amides is 1. The van der Waals surface area contributed by atoms with Gasteiger partial charge < -0.3 is 4.74 Å². The lowest BCUT2D eigenvalue weighted by Crippen LogP contribution is -2.16. The van der Waals surface area contributed by atoms with Crippen molar-refractivity contribution in [3.05, 3.63) is 0 Å². The zero-order chi connectivity index (χ0) is 8.91. The number of isocyanates is 1. The Morgan fingerprint density at radius 2 is 2.09 bits per heavy atom. The topological polar surface area (TPSA) is 55.7 Å². The fraction of sp³-hybridized carbons (Fsp3) is 0.714.